The van der Waals surface area contributed by atoms with Crippen molar-refractivity contribution in [3.8, 4) is 0 Å². The van der Waals surface area contributed by atoms with Crippen LogP contribution in [-0.2, 0) is 9.59 Å². The summed E-state index contributed by atoms with van der Waals surface area (Å²) in [6.45, 7) is 11.0. The maximum atomic E-state index is 13.7. The van der Waals surface area contributed by atoms with Crippen molar-refractivity contribution in [2.75, 3.05) is 6.16 Å². The summed E-state index contributed by atoms with van der Waals surface area (Å²) >= 11 is 0. The number of carboxylic acids is 2. The van der Waals surface area contributed by atoms with Crippen LogP contribution in [0.1, 0.15) is 60.5 Å². The maximum Gasteiger partial charge on any atom is 0.307 e. The van der Waals surface area contributed by atoms with E-state index >= 15 is 0 Å². The molecule has 2 N–H and O–H groups in total. The Hall–Kier alpha value is -2.85. The fourth-order valence-electron chi connectivity index (χ4n) is 4.22. The van der Waals surface area contributed by atoms with Crippen LogP contribution in [0.25, 0.3) is 0 Å². The van der Waals surface area contributed by atoms with Gasteiger partial charge in [0.25, 0.3) is 0 Å². The second-order valence-corrected chi connectivity index (χ2v) is 10.4. The molecule has 32 heavy (non-hydrogen) atoms. The van der Waals surface area contributed by atoms with Gasteiger partial charge in [-0.2, -0.15) is 0 Å². The van der Waals surface area contributed by atoms with Gasteiger partial charge in [-0.3, -0.25) is 19.2 Å². The van der Waals surface area contributed by atoms with E-state index in [9.17, 15) is 24.3 Å². The van der Waals surface area contributed by atoms with Crippen LogP contribution in [0.3, 0.4) is 0 Å². The first-order valence-corrected chi connectivity index (χ1v) is 11.8. The Morgan fingerprint density at radius 1 is 0.719 bits per heavy atom. The normalized spacial score (nSPS) is 12.0. The minimum atomic E-state index is -2.14. The predicted octanol–water partition coefficient (Wildman–Crippen LogP) is 5.18. The van der Waals surface area contributed by atoms with E-state index in [1.807, 2.05) is 38.1 Å². The van der Waals surface area contributed by atoms with Gasteiger partial charge in [0.15, 0.2) is 11.0 Å². The quantitative estimate of drug-likeness (QED) is 0.504. The average Bonchev–Trinajstić information content (AvgIpc) is 2.62. The number of benzene rings is 2. The highest BCUT2D eigenvalue weighted by Crippen LogP contribution is 2.47. The third-order valence-electron chi connectivity index (χ3n) is 5.45. The molecular weight excluding hydrogens is 427 g/mol. The fourth-order valence-corrected chi connectivity index (χ4v) is 6.71. The maximum absolute atomic E-state index is 13.7. The highest BCUT2D eigenvalue weighted by Gasteiger charge is 2.36. The molecule has 0 spiro atoms. The van der Waals surface area contributed by atoms with Crippen molar-refractivity contribution in [2.45, 2.75) is 48.0 Å². The smallest absolute Gasteiger partial charge is 0.307 e. The van der Waals surface area contributed by atoms with Crippen molar-refractivity contribution >= 4 is 30.9 Å². The van der Waals surface area contributed by atoms with Gasteiger partial charge in [-0.15, -0.1) is 0 Å². The lowest BCUT2D eigenvalue weighted by atomic mass is 10.0. The van der Waals surface area contributed by atoms with Gasteiger partial charge in [0.2, 0.25) is 0 Å². The number of hydrogen-bond donors (Lipinski definition) is 2. The first-order valence-electron chi connectivity index (χ1n) is 10.3. The van der Waals surface area contributed by atoms with E-state index < -0.39 is 43.2 Å². The molecule has 0 aromatic heterocycles. The summed E-state index contributed by atoms with van der Waals surface area (Å²) in [6, 6.07) is 7.41. The molecule has 1 atom stereocenters. The van der Waals surface area contributed by atoms with Crippen molar-refractivity contribution in [1.29, 1.82) is 0 Å². The zero-order chi connectivity index (χ0) is 24.3. The summed E-state index contributed by atoms with van der Waals surface area (Å²) in [4.78, 5) is 50.4. The minimum Gasteiger partial charge on any atom is -0.481 e. The van der Waals surface area contributed by atoms with Crippen LogP contribution in [0, 0.1) is 47.5 Å². The number of carboxylic acid groups (broad SMARTS) is 2. The molecule has 0 fully saturated rings. The first kappa shape index (κ1) is 25.4. The molecule has 1 unspecified atom stereocenters. The third-order valence-corrected chi connectivity index (χ3v) is 7.68. The molecule has 6 nitrogen and oxygen atoms in total. The van der Waals surface area contributed by atoms with Crippen LogP contribution >= 0.6 is 7.92 Å². The molecule has 0 saturated carbocycles. The highest BCUT2D eigenvalue weighted by molar-refractivity contribution is 7.90. The lowest BCUT2D eigenvalue weighted by Crippen LogP contribution is -2.24. The van der Waals surface area contributed by atoms with E-state index in [-0.39, 0.29) is 6.16 Å². The van der Waals surface area contributed by atoms with E-state index in [0.717, 1.165) is 33.4 Å². The van der Waals surface area contributed by atoms with E-state index in [1.165, 1.54) is 0 Å². The number of aryl methyl sites for hydroxylation is 6. The summed E-state index contributed by atoms with van der Waals surface area (Å²) in [6.07, 6.45) is -0.958. The molecule has 0 aliphatic heterocycles. The Balaban J connectivity index is 2.65. The molecule has 2 aromatic carbocycles. The lowest BCUT2D eigenvalue weighted by Gasteiger charge is -2.22. The Kier molecular flexibility index (Phi) is 8.08. The minimum absolute atomic E-state index is 0.311. The first-order chi connectivity index (χ1) is 14.8. The van der Waals surface area contributed by atoms with Gasteiger partial charge < -0.3 is 10.2 Å². The van der Waals surface area contributed by atoms with Crippen molar-refractivity contribution in [1.82, 2.24) is 0 Å². The molecule has 0 radical (unpaired) electrons. The van der Waals surface area contributed by atoms with Gasteiger partial charge in [-0.25, -0.2) is 0 Å². The average molecular weight is 456 g/mol. The van der Waals surface area contributed by atoms with Crippen LogP contribution in [0.4, 0.5) is 0 Å². The van der Waals surface area contributed by atoms with Crippen molar-refractivity contribution in [3.05, 3.63) is 68.8 Å². The Morgan fingerprint density at radius 2 is 1.06 bits per heavy atom. The van der Waals surface area contributed by atoms with Crippen molar-refractivity contribution in [3.63, 3.8) is 0 Å². The lowest BCUT2D eigenvalue weighted by molar-refractivity contribution is -0.147. The van der Waals surface area contributed by atoms with Crippen LogP contribution < -0.4 is 0 Å². The van der Waals surface area contributed by atoms with E-state index in [4.69, 9.17) is 5.11 Å². The summed E-state index contributed by atoms with van der Waals surface area (Å²) in [5.41, 5.74) is 4.84. The summed E-state index contributed by atoms with van der Waals surface area (Å²) in [7, 11) is -2.14. The number of carbonyl (C=O) groups excluding carboxylic acids is 2. The van der Waals surface area contributed by atoms with Gasteiger partial charge in [0, 0.05) is 19.0 Å². The van der Waals surface area contributed by atoms with Crippen molar-refractivity contribution in [2.24, 2.45) is 5.92 Å². The van der Waals surface area contributed by atoms with E-state index in [1.54, 1.807) is 27.7 Å². The Labute approximate surface area is 189 Å². The monoisotopic (exact) mass is 456 g/mol. The van der Waals surface area contributed by atoms with E-state index in [0.29, 0.717) is 11.1 Å². The zero-order valence-corrected chi connectivity index (χ0v) is 20.2. The molecular formula is C25H29O6P. The fraction of sp³-hybridized carbons (Fsp3) is 0.360. The molecule has 0 saturated heterocycles. The molecule has 2 rings (SSSR count). The van der Waals surface area contributed by atoms with Gasteiger partial charge in [-0.05, 0) is 70.0 Å². The molecule has 0 amide bonds. The SMILES string of the molecule is Cc1cc(C)c(C(=O)P(CC(CC(=O)O)C(=O)O)C(=O)c2c(C)cc(C)cc2C)c(C)c1. The number of rotatable bonds is 9. The van der Waals surface area contributed by atoms with Gasteiger partial charge in [0.1, 0.15) is 0 Å². The molecule has 7 heteroatoms. The van der Waals surface area contributed by atoms with Crippen LogP contribution in [0.5, 0.6) is 0 Å². The molecule has 0 aliphatic rings. The standard InChI is InChI=1S/C25H29O6P/c1-13-7-15(3)21(16(4)8-13)24(30)32(12-19(23(28)29)11-20(26)27)25(31)22-17(5)9-14(2)10-18(22)6/h7-10,19H,11-12H2,1-6H3,(H,26,27)(H,28,29). The summed E-state index contributed by atoms with van der Waals surface area (Å²) < 4.78 is 0. The van der Waals surface area contributed by atoms with Gasteiger partial charge in [-0.1, -0.05) is 35.4 Å². The zero-order valence-electron chi connectivity index (χ0n) is 19.3. The third kappa shape index (κ3) is 5.68. The van der Waals surface area contributed by atoms with Gasteiger partial charge in [0.05, 0.1) is 12.3 Å². The topological polar surface area (TPSA) is 109 Å². The number of carbonyl (C=O) groups is 4. The molecule has 170 valence electrons. The van der Waals surface area contributed by atoms with Gasteiger partial charge >= 0.3 is 11.9 Å². The van der Waals surface area contributed by atoms with E-state index in [2.05, 4.69) is 0 Å². The number of aliphatic carboxylic acids is 2. The summed E-state index contributed by atoms with van der Waals surface area (Å²) in [5.74, 6) is -3.93. The highest BCUT2D eigenvalue weighted by atomic mass is 31.1. The second kappa shape index (κ2) is 10.2. The predicted molar refractivity (Wildman–Crippen MR) is 125 cm³/mol. The molecule has 0 aliphatic carbocycles. The largest absolute Gasteiger partial charge is 0.481 e. The molecule has 0 bridgehead atoms. The Morgan fingerprint density at radius 3 is 1.34 bits per heavy atom. The van der Waals surface area contributed by atoms with Crippen molar-refractivity contribution < 1.29 is 29.4 Å². The van der Waals surface area contributed by atoms with Crippen LogP contribution in [-0.4, -0.2) is 39.4 Å². The summed E-state index contributed by atoms with van der Waals surface area (Å²) in [5, 5.41) is 18.8. The van der Waals surface area contributed by atoms with Crippen LogP contribution in [0.2, 0.25) is 0 Å². The molecule has 2 aromatic rings. The Bertz CT molecular complexity index is 986. The second-order valence-electron chi connectivity index (χ2n) is 8.40. The molecule has 0 heterocycles. The van der Waals surface area contributed by atoms with Crippen LogP contribution in [0.15, 0.2) is 24.3 Å². The number of hydrogen-bond acceptors (Lipinski definition) is 4.